The van der Waals surface area contributed by atoms with Crippen molar-refractivity contribution in [1.82, 2.24) is 37.2 Å². The van der Waals surface area contributed by atoms with E-state index < -0.39 is 185 Å². The Morgan fingerprint density at radius 3 is 1.40 bits per heavy atom. The summed E-state index contributed by atoms with van der Waals surface area (Å²) in [7, 11) is 0. The van der Waals surface area contributed by atoms with Gasteiger partial charge in [-0.1, -0.05) is 212 Å². The molecule has 33 heteroatoms. The number of aliphatic hydroxyl groups excluding tert-OH is 6. The first-order valence-electron chi connectivity index (χ1n) is 38.7. The molecule has 33 nitrogen and oxygen atoms in total. The summed E-state index contributed by atoms with van der Waals surface area (Å²) in [6.07, 6.45) is -33.9. The maximum absolute atomic E-state index is 14.6. The molecule has 1 aliphatic carbocycles. The van der Waals surface area contributed by atoms with E-state index in [9.17, 15) is 59.4 Å². The lowest BCUT2D eigenvalue weighted by atomic mass is 9.83. The zero-order valence-electron chi connectivity index (χ0n) is 63.8. The molecule has 0 bridgehead atoms. The summed E-state index contributed by atoms with van der Waals surface area (Å²) in [6, 6.07) is 55.7. The smallest absolute Gasteiger partial charge is 0.407 e. The van der Waals surface area contributed by atoms with Crippen LogP contribution in [-0.2, 0) is 111 Å². The van der Waals surface area contributed by atoms with Crippen LogP contribution in [0.1, 0.15) is 58.1 Å². The van der Waals surface area contributed by atoms with Gasteiger partial charge in [0.2, 0.25) is 5.91 Å². The van der Waals surface area contributed by atoms with Crippen LogP contribution in [0, 0.1) is 0 Å². The van der Waals surface area contributed by atoms with Gasteiger partial charge in [-0.05, 0) is 59.2 Å². The van der Waals surface area contributed by atoms with Crippen molar-refractivity contribution in [3.05, 3.63) is 251 Å². The van der Waals surface area contributed by atoms with Crippen LogP contribution >= 0.6 is 0 Å². The van der Waals surface area contributed by atoms with Crippen LogP contribution in [0.3, 0.4) is 0 Å². The van der Waals surface area contributed by atoms with Gasteiger partial charge in [0, 0.05) is 25.2 Å². The highest BCUT2D eigenvalue weighted by Crippen LogP contribution is 2.40. The normalized spacial score (nSPS) is 27.6. The molecule has 626 valence electrons. The first-order valence-corrected chi connectivity index (χ1v) is 38.7. The van der Waals surface area contributed by atoms with Gasteiger partial charge in [-0.15, -0.1) is 0 Å². The summed E-state index contributed by atoms with van der Waals surface area (Å²) in [4.78, 5) is 83.4. The number of fused-ring (bicyclic) bond motifs is 1. The van der Waals surface area contributed by atoms with Gasteiger partial charge < -0.3 is 134 Å². The van der Waals surface area contributed by atoms with Gasteiger partial charge in [0.1, 0.15) is 124 Å². The van der Waals surface area contributed by atoms with Crippen molar-refractivity contribution in [3.8, 4) is 0 Å². The van der Waals surface area contributed by atoms with Gasteiger partial charge in [-0.2, -0.15) is 0 Å². The standard InChI is InChI=1S/C84H99N7O26/c92-44-62-72(116-77-64(90-83(102)109-48-55-30-16-5-17-31-55)68(96)67(95)61(111-77)43-87-81(100)107-46-53-26-12-3-13-27-53)74(104-41-40-85-38-36-51-22-8-1-9-23-51)79(112-62)117-73-66(94)58(88-75(98)60(93)37-39-86-80(99)106-45-52-24-10-2-11-25-52)42-59(89-82(101)108-47-54-28-14-4-15-29-54)70(73)114-78-65(91-84(103)110-49-56-32-18-6-19-33-56)69(97)71-63(113-78)50-105-76(115-71)57-34-20-7-21-35-57/h1-35,58-74,76-79,85,92-97H,36-50H2,(H,86,99)(H,87,100)(H,88,98)(H,89,101)(H,90,102)(H,91,103)/t58-,59+,60+,61+,62-,63-,64-,65-,66+,67-,68-,69-,70-,71-,72-,73-,74-,76?,77-,78-,79+/m1/s1. The lowest BCUT2D eigenvalue weighted by molar-refractivity contribution is -0.358. The first kappa shape index (κ1) is 86.1. The summed E-state index contributed by atoms with van der Waals surface area (Å²) in [5.41, 5.74) is 4.75. The minimum absolute atomic E-state index is 0.0753. The van der Waals surface area contributed by atoms with Crippen LogP contribution in [0.4, 0.5) is 24.0 Å². The Morgan fingerprint density at radius 2 is 0.872 bits per heavy atom. The van der Waals surface area contributed by atoms with Crippen LogP contribution in [0.15, 0.2) is 212 Å². The average molecular weight is 1620 g/mol. The number of nitrogens with one attached hydrogen (secondary N) is 7. The topological polar surface area (TPSA) is 437 Å². The summed E-state index contributed by atoms with van der Waals surface area (Å²) in [5.74, 6) is -1.08. The van der Waals surface area contributed by atoms with Gasteiger partial charge in [0.15, 0.2) is 25.2 Å². The molecule has 0 aromatic heterocycles. The highest BCUT2D eigenvalue weighted by molar-refractivity contribution is 5.81. The molecule has 6 amide bonds. The average Bonchev–Trinajstić information content (AvgIpc) is 1.15. The van der Waals surface area contributed by atoms with Crippen molar-refractivity contribution < 1.29 is 126 Å². The summed E-state index contributed by atoms with van der Waals surface area (Å²) in [5, 5.41) is 92.4. The first-order chi connectivity index (χ1) is 57.0. The SMILES string of the molecule is O=C(NCC[C@H](O)C(=O)N[C@@H]1C[C@H](NC(=O)OCc2ccccc2)[C@@H](O[C@H]2O[C@@H]3COC(c4ccccc4)O[C@H]3[C@H](O)[C@H]2NC(=O)OCc2ccccc2)[C@H](O[C@@H]2O[C@H](CO)[C@@H](O[C@H]3O[C@@H](CNC(=O)OCc4ccccc4)[C@@H](O)[C@H](O)[C@H]3NC(=O)OCc3ccccc3)[C@H]2OCCNCCc2ccccc2)[C@H]1O)OCc1ccccc1. The van der Waals surface area contributed by atoms with Gasteiger partial charge >= 0.3 is 30.5 Å². The number of alkyl carbamates (subject to hydrolysis) is 5. The van der Waals surface area contributed by atoms with Crippen molar-refractivity contribution in [1.29, 1.82) is 0 Å². The molecule has 0 spiro atoms. The Balaban J connectivity index is 0.887. The number of carbonyl (C=O) groups excluding carboxylic acids is 6. The van der Waals surface area contributed by atoms with E-state index in [-0.39, 0.29) is 65.8 Å². The highest BCUT2D eigenvalue weighted by atomic mass is 16.8. The molecule has 12 rings (SSSR count). The molecular weight excluding hydrogens is 1520 g/mol. The zero-order chi connectivity index (χ0) is 81.8. The minimum atomic E-state index is -2.04. The number of rotatable bonds is 35. The summed E-state index contributed by atoms with van der Waals surface area (Å²) >= 11 is 0. The number of aliphatic hydroxyl groups is 6. The molecule has 7 aromatic rings. The van der Waals surface area contributed by atoms with E-state index in [4.69, 9.17) is 66.3 Å². The third-order valence-corrected chi connectivity index (χ3v) is 20.2. The zero-order valence-corrected chi connectivity index (χ0v) is 63.8. The van der Waals surface area contributed by atoms with Crippen LogP contribution in [0.2, 0.25) is 0 Å². The fourth-order valence-corrected chi connectivity index (χ4v) is 14.0. The Hall–Kier alpha value is -10.3. The van der Waals surface area contributed by atoms with Crippen LogP contribution in [-0.4, -0.2) is 235 Å². The number of hydrogen-bond acceptors (Lipinski definition) is 27. The molecule has 21 atom stereocenters. The number of carbonyl (C=O) groups is 6. The van der Waals surface area contributed by atoms with Crippen molar-refractivity contribution in [3.63, 3.8) is 0 Å². The van der Waals surface area contributed by atoms with Gasteiger partial charge in [0.05, 0.1) is 31.9 Å². The maximum atomic E-state index is 14.6. The van der Waals surface area contributed by atoms with Crippen molar-refractivity contribution >= 4 is 36.4 Å². The van der Waals surface area contributed by atoms with Gasteiger partial charge in [-0.25, -0.2) is 24.0 Å². The molecular formula is C84H99N7O26. The predicted molar refractivity (Wildman–Crippen MR) is 412 cm³/mol. The number of amides is 6. The molecule has 0 radical (unpaired) electrons. The molecule has 1 unspecified atom stereocenters. The third-order valence-electron chi connectivity index (χ3n) is 20.2. The summed E-state index contributed by atoms with van der Waals surface area (Å²) in [6.45, 7) is -2.53. The van der Waals surface area contributed by atoms with Crippen LogP contribution in [0.5, 0.6) is 0 Å². The van der Waals surface area contributed by atoms with Crippen molar-refractivity contribution in [2.24, 2.45) is 0 Å². The highest BCUT2D eigenvalue weighted by Gasteiger charge is 2.58. The second-order valence-corrected chi connectivity index (χ2v) is 28.4. The van der Waals surface area contributed by atoms with Gasteiger partial charge in [0.25, 0.3) is 0 Å². The molecule has 4 aliphatic heterocycles. The lowest BCUT2D eigenvalue weighted by Crippen LogP contribution is -2.71. The second kappa shape index (κ2) is 43.8. The largest absolute Gasteiger partial charge is 0.445 e. The fourth-order valence-electron chi connectivity index (χ4n) is 14.0. The molecule has 5 fully saturated rings. The molecule has 4 saturated heterocycles. The Bertz CT molecular complexity index is 4190. The maximum Gasteiger partial charge on any atom is 0.407 e. The van der Waals surface area contributed by atoms with Gasteiger partial charge in [-0.3, -0.25) is 4.79 Å². The van der Waals surface area contributed by atoms with E-state index in [1.807, 2.05) is 30.3 Å². The van der Waals surface area contributed by atoms with E-state index in [1.54, 1.807) is 182 Å². The molecule has 5 aliphatic rings. The molecule has 1 saturated carbocycles. The Morgan fingerprint density at radius 1 is 0.419 bits per heavy atom. The second-order valence-electron chi connectivity index (χ2n) is 28.4. The quantitative estimate of drug-likeness (QED) is 0.0193. The summed E-state index contributed by atoms with van der Waals surface area (Å²) < 4.78 is 88.0. The lowest BCUT2D eigenvalue weighted by Gasteiger charge is -2.51. The molecule has 7 aromatic carbocycles. The molecule has 13 N–H and O–H groups in total. The van der Waals surface area contributed by atoms with Crippen molar-refractivity contribution in [2.75, 3.05) is 46.0 Å². The molecule has 4 heterocycles. The van der Waals surface area contributed by atoms with E-state index in [0.717, 1.165) is 5.56 Å². The number of ether oxygens (including phenoxy) is 14. The van der Waals surface area contributed by atoms with E-state index in [0.29, 0.717) is 46.3 Å². The fraction of sp³-hybridized carbons (Fsp3) is 0.429. The van der Waals surface area contributed by atoms with Crippen molar-refractivity contribution in [2.45, 2.75) is 181 Å². The monoisotopic (exact) mass is 1620 g/mol. The minimum Gasteiger partial charge on any atom is -0.445 e. The van der Waals surface area contributed by atoms with E-state index in [2.05, 4.69) is 37.2 Å². The van der Waals surface area contributed by atoms with E-state index >= 15 is 0 Å². The number of benzene rings is 7. The van der Waals surface area contributed by atoms with Crippen LogP contribution < -0.4 is 37.2 Å². The Kier molecular flexibility index (Phi) is 32.2. The third kappa shape index (κ3) is 24.9. The van der Waals surface area contributed by atoms with E-state index in [1.165, 1.54) is 0 Å². The Labute approximate surface area is 674 Å². The molecule has 117 heavy (non-hydrogen) atoms. The number of hydrogen-bond donors (Lipinski definition) is 13. The van der Waals surface area contributed by atoms with Crippen LogP contribution in [0.25, 0.3) is 0 Å². The predicted octanol–water partition coefficient (Wildman–Crippen LogP) is 4.46.